The maximum absolute atomic E-state index is 7.20. The van der Waals surface area contributed by atoms with E-state index in [4.69, 9.17) is 5.73 Å². The molecule has 2 unspecified atom stereocenters. The molecule has 0 saturated heterocycles. The SMILES string of the molecule is CC1(c2ccccc2)Cc2ccccc2C1(N)c1ccccc1.Cl. The van der Waals surface area contributed by atoms with Crippen LogP contribution in [0, 0.1) is 0 Å². The molecule has 0 fully saturated rings. The molecule has 1 aliphatic rings. The van der Waals surface area contributed by atoms with Gasteiger partial charge >= 0.3 is 0 Å². The minimum Gasteiger partial charge on any atom is -0.317 e. The molecule has 0 spiro atoms. The Balaban J connectivity index is 0.00000169. The fourth-order valence-electron chi connectivity index (χ4n) is 4.19. The lowest BCUT2D eigenvalue weighted by atomic mass is 9.64. The topological polar surface area (TPSA) is 26.0 Å². The zero-order valence-corrected chi connectivity index (χ0v) is 14.6. The number of rotatable bonds is 2. The van der Waals surface area contributed by atoms with E-state index in [2.05, 4.69) is 85.8 Å². The van der Waals surface area contributed by atoms with Gasteiger partial charge in [-0.25, -0.2) is 0 Å². The van der Waals surface area contributed by atoms with E-state index in [1.807, 2.05) is 6.07 Å². The fourth-order valence-corrected chi connectivity index (χ4v) is 4.19. The minimum atomic E-state index is -0.522. The predicted molar refractivity (Wildman–Crippen MR) is 103 cm³/mol. The second-order valence-electron chi connectivity index (χ2n) is 6.71. The van der Waals surface area contributed by atoms with Gasteiger partial charge in [0.25, 0.3) is 0 Å². The lowest BCUT2D eigenvalue weighted by molar-refractivity contribution is 0.315. The summed E-state index contributed by atoms with van der Waals surface area (Å²) in [7, 11) is 0. The molecule has 1 aliphatic carbocycles. The van der Waals surface area contributed by atoms with Crippen LogP contribution in [0.5, 0.6) is 0 Å². The smallest absolute Gasteiger partial charge is 0.0766 e. The van der Waals surface area contributed by atoms with Crippen molar-refractivity contribution >= 4 is 12.4 Å². The fraction of sp³-hybridized carbons (Fsp3) is 0.182. The van der Waals surface area contributed by atoms with E-state index < -0.39 is 5.54 Å². The molecule has 1 nitrogen and oxygen atoms in total. The van der Waals surface area contributed by atoms with Crippen LogP contribution in [0.3, 0.4) is 0 Å². The third-order valence-corrected chi connectivity index (χ3v) is 5.50. The summed E-state index contributed by atoms with van der Waals surface area (Å²) in [6.45, 7) is 2.30. The molecule has 4 rings (SSSR count). The van der Waals surface area contributed by atoms with Crippen LogP contribution in [0.15, 0.2) is 84.9 Å². The Kier molecular flexibility index (Phi) is 4.25. The van der Waals surface area contributed by atoms with Gasteiger partial charge in [0.15, 0.2) is 0 Å². The van der Waals surface area contributed by atoms with Crippen LogP contribution >= 0.6 is 12.4 Å². The van der Waals surface area contributed by atoms with Gasteiger partial charge in [0.1, 0.15) is 0 Å². The van der Waals surface area contributed by atoms with Gasteiger partial charge in [0, 0.05) is 5.41 Å². The van der Waals surface area contributed by atoms with Crippen LogP contribution in [0.2, 0.25) is 0 Å². The highest BCUT2D eigenvalue weighted by Gasteiger charge is 2.54. The Bertz CT molecular complexity index is 831. The predicted octanol–water partition coefficient (Wildman–Crippen LogP) is 4.82. The molecule has 122 valence electrons. The zero-order chi connectivity index (χ0) is 15.9. The van der Waals surface area contributed by atoms with E-state index in [1.54, 1.807) is 0 Å². The van der Waals surface area contributed by atoms with E-state index in [-0.39, 0.29) is 17.8 Å². The van der Waals surface area contributed by atoms with Crippen molar-refractivity contribution in [3.63, 3.8) is 0 Å². The first-order valence-corrected chi connectivity index (χ1v) is 8.14. The molecule has 2 atom stereocenters. The minimum absolute atomic E-state index is 0. The van der Waals surface area contributed by atoms with E-state index in [0.29, 0.717) is 0 Å². The lowest BCUT2D eigenvalue weighted by Crippen LogP contribution is -2.52. The average Bonchev–Trinajstić information content (AvgIpc) is 2.86. The monoisotopic (exact) mass is 335 g/mol. The molecule has 0 aromatic heterocycles. The maximum atomic E-state index is 7.20. The van der Waals surface area contributed by atoms with Crippen molar-refractivity contribution in [1.82, 2.24) is 0 Å². The summed E-state index contributed by atoms with van der Waals surface area (Å²) in [5.74, 6) is 0. The molecule has 0 bridgehead atoms. The lowest BCUT2D eigenvalue weighted by Gasteiger charge is -2.42. The Labute approximate surface area is 149 Å². The highest BCUT2D eigenvalue weighted by atomic mass is 35.5. The summed E-state index contributed by atoms with van der Waals surface area (Å²) in [5, 5.41) is 0. The van der Waals surface area contributed by atoms with Crippen LogP contribution in [0.25, 0.3) is 0 Å². The van der Waals surface area contributed by atoms with Crippen molar-refractivity contribution in [2.24, 2.45) is 5.73 Å². The van der Waals surface area contributed by atoms with Gasteiger partial charge in [0.05, 0.1) is 5.54 Å². The van der Waals surface area contributed by atoms with Gasteiger partial charge < -0.3 is 5.73 Å². The van der Waals surface area contributed by atoms with E-state index in [9.17, 15) is 0 Å². The Morgan fingerprint density at radius 3 is 1.83 bits per heavy atom. The van der Waals surface area contributed by atoms with Crippen molar-refractivity contribution in [1.29, 1.82) is 0 Å². The van der Waals surface area contributed by atoms with Crippen LogP contribution in [-0.2, 0) is 17.4 Å². The van der Waals surface area contributed by atoms with Crippen LogP contribution in [-0.4, -0.2) is 0 Å². The molecular weight excluding hydrogens is 314 g/mol. The van der Waals surface area contributed by atoms with E-state index >= 15 is 0 Å². The molecule has 0 heterocycles. The van der Waals surface area contributed by atoms with Crippen LogP contribution < -0.4 is 5.73 Å². The van der Waals surface area contributed by atoms with Gasteiger partial charge in [0.2, 0.25) is 0 Å². The number of fused-ring (bicyclic) bond motifs is 1. The largest absolute Gasteiger partial charge is 0.317 e. The van der Waals surface area contributed by atoms with Crippen LogP contribution in [0.1, 0.15) is 29.2 Å². The van der Waals surface area contributed by atoms with Gasteiger partial charge in [-0.05, 0) is 28.7 Å². The normalized spacial score (nSPS) is 24.9. The number of hydrogen-bond acceptors (Lipinski definition) is 1. The summed E-state index contributed by atoms with van der Waals surface area (Å²) >= 11 is 0. The zero-order valence-electron chi connectivity index (χ0n) is 13.8. The molecule has 0 radical (unpaired) electrons. The van der Waals surface area contributed by atoms with Gasteiger partial charge in [-0.3, -0.25) is 0 Å². The molecule has 3 aromatic carbocycles. The van der Waals surface area contributed by atoms with Gasteiger partial charge in [-0.1, -0.05) is 91.9 Å². The molecule has 3 aromatic rings. The standard InChI is InChI=1S/C22H21N.ClH/c1-21(18-11-4-2-5-12-18)16-17-10-8-9-15-20(17)22(21,23)19-13-6-3-7-14-19;/h2-15H,16,23H2,1H3;1H. The van der Waals surface area contributed by atoms with Crippen molar-refractivity contribution in [3.05, 3.63) is 107 Å². The number of nitrogens with two attached hydrogens (primary N) is 1. The summed E-state index contributed by atoms with van der Waals surface area (Å²) in [4.78, 5) is 0. The van der Waals surface area contributed by atoms with Gasteiger partial charge in [-0.15, -0.1) is 12.4 Å². The first-order valence-electron chi connectivity index (χ1n) is 8.14. The first-order chi connectivity index (χ1) is 11.2. The summed E-state index contributed by atoms with van der Waals surface area (Å²) in [6.07, 6.45) is 0.957. The van der Waals surface area contributed by atoms with E-state index in [0.717, 1.165) is 6.42 Å². The molecular formula is C22H22ClN. The number of hydrogen-bond donors (Lipinski definition) is 1. The Hall–Kier alpha value is -2.09. The summed E-state index contributed by atoms with van der Waals surface area (Å²) < 4.78 is 0. The molecule has 0 amide bonds. The highest BCUT2D eigenvalue weighted by molar-refractivity contribution is 5.85. The van der Waals surface area contributed by atoms with Crippen molar-refractivity contribution in [2.45, 2.75) is 24.3 Å². The highest BCUT2D eigenvalue weighted by Crippen LogP contribution is 2.53. The molecule has 0 saturated carbocycles. The summed E-state index contributed by atoms with van der Waals surface area (Å²) in [6, 6.07) is 29.8. The van der Waals surface area contributed by atoms with Crippen LogP contribution in [0.4, 0.5) is 0 Å². The molecule has 24 heavy (non-hydrogen) atoms. The molecule has 0 aliphatic heterocycles. The third kappa shape index (κ3) is 2.20. The number of benzene rings is 3. The quantitative estimate of drug-likeness (QED) is 0.713. The molecule has 2 heteroatoms. The Morgan fingerprint density at radius 2 is 1.21 bits per heavy atom. The maximum Gasteiger partial charge on any atom is 0.0766 e. The Morgan fingerprint density at radius 1 is 0.708 bits per heavy atom. The number of halogens is 1. The van der Waals surface area contributed by atoms with Crippen molar-refractivity contribution in [2.75, 3.05) is 0 Å². The summed E-state index contributed by atoms with van der Waals surface area (Å²) in [5.41, 5.74) is 11.6. The third-order valence-electron chi connectivity index (χ3n) is 5.50. The van der Waals surface area contributed by atoms with Gasteiger partial charge in [-0.2, -0.15) is 0 Å². The molecule has 2 N–H and O–H groups in total. The van der Waals surface area contributed by atoms with E-state index in [1.165, 1.54) is 22.3 Å². The van der Waals surface area contributed by atoms with Crippen molar-refractivity contribution < 1.29 is 0 Å². The first kappa shape index (κ1) is 16.8. The van der Waals surface area contributed by atoms with Crippen molar-refractivity contribution in [3.8, 4) is 0 Å². The average molecular weight is 336 g/mol. The second kappa shape index (κ2) is 6.08. The second-order valence-corrected chi connectivity index (χ2v) is 6.71.